The SMILES string of the molecule is CCC(=O)c1cc(Cl)ccc1OCC(=O)Nc1ccc(C)c(C)c1. The fourth-order valence-electron chi connectivity index (χ4n) is 2.20. The predicted molar refractivity (Wildman–Crippen MR) is 96.1 cm³/mol. The number of carbonyl (C=O) groups is 2. The van der Waals surface area contributed by atoms with Crippen LogP contribution in [-0.4, -0.2) is 18.3 Å². The van der Waals surface area contributed by atoms with E-state index >= 15 is 0 Å². The monoisotopic (exact) mass is 345 g/mol. The Morgan fingerprint density at radius 2 is 1.83 bits per heavy atom. The minimum Gasteiger partial charge on any atom is -0.483 e. The number of benzene rings is 2. The minimum atomic E-state index is -0.289. The Bertz CT molecular complexity index is 771. The number of nitrogens with one attached hydrogen (secondary N) is 1. The van der Waals surface area contributed by atoms with E-state index in [0.29, 0.717) is 28.4 Å². The lowest BCUT2D eigenvalue weighted by molar-refractivity contribution is -0.118. The van der Waals surface area contributed by atoms with E-state index in [1.807, 2.05) is 32.0 Å². The van der Waals surface area contributed by atoms with Gasteiger partial charge in [-0.05, 0) is 55.3 Å². The molecule has 0 aliphatic rings. The van der Waals surface area contributed by atoms with Crippen LogP contribution in [-0.2, 0) is 4.79 Å². The molecule has 24 heavy (non-hydrogen) atoms. The summed E-state index contributed by atoms with van der Waals surface area (Å²) in [5.41, 5.74) is 3.37. The number of rotatable bonds is 6. The zero-order chi connectivity index (χ0) is 17.7. The molecule has 126 valence electrons. The topological polar surface area (TPSA) is 55.4 Å². The molecular formula is C19H20ClNO3. The first-order valence-electron chi connectivity index (χ1n) is 7.73. The van der Waals surface area contributed by atoms with Crippen molar-refractivity contribution in [1.29, 1.82) is 0 Å². The van der Waals surface area contributed by atoms with E-state index in [2.05, 4.69) is 5.32 Å². The van der Waals surface area contributed by atoms with Crippen molar-refractivity contribution < 1.29 is 14.3 Å². The van der Waals surface area contributed by atoms with Crippen molar-refractivity contribution in [1.82, 2.24) is 0 Å². The van der Waals surface area contributed by atoms with Crippen molar-refractivity contribution in [2.75, 3.05) is 11.9 Å². The van der Waals surface area contributed by atoms with Crippen molar-refractivity contribution in [2.45, 2.75) is 27.2 Å². The summed E-state index contributed by atoms with van der Waals surface area (Å²) in [5.74, 6) is -0.00773. The van der Waals surface area contributed by atoms with Crippen molar-refractivity contribution in [3.63, 3.8) is 0 Å². The van der Waals surface area contributed by atoms with Crippen LogP contribution in [0.3, 0.4) is 0 Å². The predicted octanol–water partition coefficient (Wildman–Crippen LogP) is 4.57. The average Bonchev–Trinajstić information content (AvgIpc) is 2.56. The number of halogens is 1. The fraction of sp³-hybridized carbons (Fsp3) is 0.263. The third-order valence-corrected chi connectivity index (χ3v) is 3.95. The van der Waals surface area contributed by atoms with Gasteiger partial charge >= 0.3 is 0 Å². The molecule has 0 aliphatic heterocycles. The molecule has 0 saturated carbocycles. The lowest BCUT2D eigenvalue weighted by atomic mass is 10.1. The summed E-state index contributed by atoms with van der Waals surface area (Å²) in [5, 5.41) is 3.24. The standard InChI is InChI=1S/C19H20ClNO3/c1-4-17(22)16-10-14(20)6-8-18(16)24-11-19(23)21-15-7-5-12(2)13(3)9-15/h5-10H,4,11H2,1-3H3,(H,21,23). The zero-order valence-electron chi connectivity index (χ0n) is 14.0. The highest BCUT2D eigenvalue weighted by molar-refractivity contribution is 6.31. The van der Waals surface area contributed by atoms with Gasteiger partial charge in [-0.2, -0.15) is 0 Å². The average molecular weight is 346 g/mol. The maximum atomic E-state index is 12.1. The normalized spacial score (nSPS) is 10.3. The number of ketones is 1. The molecule has 2 aromatic rings. The summed E-state index contributed by atoms with van der Waals surface area (Å²) in [4.78, 5) is 24.0. The summed E-state index contributed by atoms with van der Waals surface area (Å²) in [6, 6.07) is 10.5. The molecule has 1 N–H and O–H groups in total. The molecule has 0 aliphatic carbocycles. The number of anilines is 1. The van der Waals surface area contributed by atoms with E-state index in [1.165, 1.54) is 0 Å². The van der Waals surface area contributed by atoms with Crippen LogP contribution in [0.25, 0.3) is 0 Å². The molecule has 0 radical (unpaired) electrons. The molecule has 2 rings (SSSR count). The van der Waals surface area contributed by atoms with E-state index in [-0.39, 0.29) is 18.3 Å². The fourth-order valence-corrected chi connectivity index (χ4v) is 2.37. The van der Waals surface area contributed by atoms with Gasteiger partial charge in [0.25, 0.3) is 5.91 Å². The van der Waals surface area contributed by atoms with Gasteiger partial charge in [-0.15, -0.1) is 0 Å². The summed E-state index contributed by atoms with van der Waals surface area (Å²) in [6.45, 7) is 5.58. The smallest absolute Gasteiger partial charge is 0.262 e. The molecule has 0 spiro atoms. The quantitative estimate of drug-likeness (QED) is 0.780. The first-order chi connectivity index (χ1) is 11.4. The summed E-state index contributed by atoms with van der Waals surface area (Å²) in [7, 11) is 0. The van der Waals surface area contributed by atoms with Gasteiger partial charge in [-0.25, -0.2) is 0 Å². The molecule has 0 heterocycles. The lowest BCUT2D eigenvalue weighted by Crippen LogP contribution is -2.21. The molecule has 1 amide bonds. The molecule has 5 heteroatoms. The Hall–Kier alpha value is -2.33. The van der Waals surface area contributed by atoms with Crippen LogP contribution in [0, 0.1) is 13.8 Å². The molecule has 0 fully saturated rings. The van der Waals surface area contributed by atoms with Gasteiger partial charge in [0.05, 0.1) is 5.56 Å². The van der Waals surface area contributed by atoms with Gasteiger partial charge in [0.15, 0.2) is 12.4 Å². The van der Waals surface area contributed by atoms with E-state index in [4.69, 9.17) is 16.3 Å². The van der Waals surface area contributed by atoms with Gasteiger partial charge in [0.1, 0.15) is 5.75 Å². The van der Waals surface area contributed by atoms with Crippen LogP contribution in [0.5, 0.6) is 5.75 Å². The molecule has 2 aromatic carbocycles. The van der Waals surface area contributed by atoms with Crippen LogP contribution in [0.15, 0.2) is 36.4 Å². The molecule has 0 unspecified atom stereocenters. The molecule has 4 nitrogen and oxygen atoms in total. The van der Waals surface area contributed by atoms with E-state index in [9.17, 15) is 9.59 Å². The first kappa shape index (κ1) is 18.0. The number of ether oxygens (including phenoxy) is 1. The third-order valence-electron chi connectivity index (χ3n) is 3.71. The Balaban J connectivity index is 2.03. The molecular weight excluding hydrogens is 326 g/mol. The summed E-state index contributed by atoms with van der Waals surface area (Å²) in [6.07, 6.45) is 0.339. The van der Waals surface area contributed by atoms with Crippen molar-refractivity contribution in [2.24, 2.45) is 0 Å². The second kappa shape index (κ2) is 7.97. The number of hydrogen-bond acceptors (Lipinski definition) is 3. The molecule has 0 aromatic heterocycles. The lowest BCUT2D eigenvalue weighted by Gasteiger charge is -2.12. The third kappa shape index (κ3) is 4.59. The number of aryl methyl sites for hydroxylation is 2. The van der Waals surface area contributed by atoms with Crippen LogP contribution >= 0.6 is 11.6 Å². The summed E-state index contributed by atoms with van der Waals surface area (Å²) >= 11 is 5.93. The van der Waals surface area contributed by atoms with Crippen LogP contribution in [0.1, 0.15) is 34.8 Å². The maximum absolute atomic E-state index is 12.1. The minimum absolute atomic E-state index is 0.0814. The van der Waals surface area contributed by atoms with Crippen LogP contribution < -0.4 is 10.1 Å². The number of Topliss-reactive ketones (excluding diaryl/α,β-unsaturated/α-hetero) is 1. The summed E-state index contributed by atoms with van der Waals surface area (Å²) < 4.78 is 5.51. The van der Waals surface area contributed by atoms with Crippen LogP contribution in [0.4, 0.5) is 5.69 Å². The maximum Gasteiger partial charge on any atom is 0.262 e. The number of hydrogen-bond donors (Lipinski definition) is 1. The number of carbonyl (C=O) groups excluding carboxylic acids is 2. The first-order valence-corrected chi connectivity index (χ1v) is 8.11. The second-order valence-corrected chi connectivity index (χ2v) is 5.99. The molecule has 0 saturated heterocycles. The largest absolute Gasteiger partial charge is 0.483 e. The van der Waals surface area contributed by atoms with Gasteiger partial charge in [-0.3, -0.25) is 9.59 Å². The van der Waals surface area contributed by atoms with E-state index in [0.717, 1.165) is 11.1 Å². The Kier molecular flexibility index (Phi) is 5.99. The van der Waals surface area contributed by atoms with Gasteiger partial charge in [-0.1, -0.05) is 24.6 Å². The zero-order valence-corrected chi connectivity index (χ0v) is 14.7. The second-order valence-electron chi connectivity index (χ2n) is 5.55. The molecule has 0 bridgehead atoms. The van der Waals surface area contributed by atoms with Gasteiger partial charge < -0.3 is 10.1 Å². The highest BCUT2D eigenvalue weighted by Gasteiger charge is 2.13. The van der Waals surface area contributed by atoms with Crippen molar-refractivity contribution in [3.05, 3.63) is 58.1 Å². The van der Waals surface area contributed by atoms with Crippen molar-refractivity contribution in [3.8, 4) is 5.75 Å². The van der Waals surface area contributed by atoms with Gasteiger partial charge in [0, 0.05) is 17.1 Å². The Labute approximate surface area is 146 Å². The Morgan fingerprint density at radius 3 is 2.50 bits per heavy atom. The highest BCUT2D eigenvalue weighted by Crippen LogP contribution is 2.24. The molecule has 0 atom stereocenters. The van der Waals surface area contributed by atoms with Crippen molar-refractivity contribution >= 4 is 29.0 Å². The highest BCUT2D eigenvalue weighted by atomic mass is 35.5. The van der Waals surface area contributed by atoms with Gasteiger partial charge in [0.2, 0.25) is 0 Å². The number of amides is 1. The Morgan fingerprint density at radius 1 is 1.08 bits per heavy atom. The van der Waals surface area contributed by atoms with E-state index < -0.39 is 0 Å². The van der Waals surface area contributed by atoms with E-state index in [1.54, 1.807) is 25.1 Å². The van der Waals surface area contributed by atoms with Crippen LogP contribution in [0.2, 0.25) is 5.02 Å².